The van der Waals surface area contributed by atoms with Gasteiger partial charge in [0, 0.05) is 42.3 Å². The van der Waals surface area contributed by atoms with Gasteiger partial charge in [-0.2, -0.15) is 0 Å². The Hall–Kier alpha value is -2.65. The molecular weight excluding hydrogens is 294 g/mol. The third-order valence-corrected chi connectivity index (χ3v) is 4.48. The Labute approximate surface area is 142 Å². The van der Waals surface area contributed by atoms with Gasteiger partial charge in [-0.05, 0) is 36.8 Å². The second-order valence-electron chi connectivity index (χ2n) is 6.31. The van der Waals surface area contributed by atoms with Gasteiger partial charge in [-0.1, -0.05) is 36.4 Å². The summed E-state index contributed by atoms with van der Waals surface area (Å²) in [5.41, 5.74) is 3.64. The number of rotatable bonds is 5. The highest BCUT2D eigenvalue weighted by Crippen LogP contribution is 2.25. The number of fused-ring (bicyclic) bond motifs is 3. The van der Waals surface area contributed by atoms with Crippen LogP contribution in [0.25, 0.3) is 21.8 Å². The summed E-state index contributed by atoms with van der Waals surface area (Å²) < 4.78 is 2.34. The van der Waals surface area contributed by atoms with Gasteiger partial charge in [0.25, 0.3) is 0 Å². The number of nitrogens with one attached hydrogen (secondary N) is 1. The highest BCUT2D eigenvalue weighted by Gasteiger charge is 2.09. The molecule has 0 saturated heterocycles. The van der Waals surface area contributed by atoms with Crippen LogP contribution >= 0.6 is 0 Å². The smallest absolute Gasteiger partial charge is 0.0723 e. The molecule has 0 aliphatic rings. The third kappa shape index (κ3) is 2.91. The van der Waals surface area contributed by atoms with Gasteiger partial charge in [-0.25, -0.2) is 0 Å². The topological polar surface area (TPSA) is 29.9 Å². The highest BCUT2D eigenvalue weighted by molar-refractivity contribution is 6.04. The molecule has 120 valence electrons. The Balaban J connectivity index is 1.57. The van der Waals surface area contributed by atoms with E-state index in [1.807, 2.05) is 12.3 Å². The molecule has 2 heterocycles. The molecule has 1 N–H and O–H groups in total. The SMILES string of the molecule is C[C@@H](Cn1ccc2ccc3ncccc3c21)NCc1ccccc1. The van der Waals surface area contributed by atoms with Gasteiger partial charge in [0.1, 0.15) is 0 Å². The van der Waals surface area contributed by atoms with Gasteiger partial charge in [0.2, 0.25) is 0 Å². The quantitative estimate of drug-likeness (QED) is 0.593. The number of aromatic nitrogens is 2. The monoisotopic (exact) mass is 315 g/mol. The summed E-state index contributed by atoms with van der Waals surface area (Å²) in [6, 6.07) is 21.5. The van der Waals surface area contributed by atoms with Gasteiger partial charge in [0.15, 0.2) is 0 Å². The summed E-state index contributed by atoms with van der Waals surface area (Å²) in [7, 11) is 0. The lowest BCUT2D eigenvalue weighted by Gasteiger charge is -2.16. The van der Waals surface area contributed by atoms with Crippen molar-refractivity contribution in [1.29, 1.82) is 0 Å². The first-order valence-corrected chi connectivity index (χ1v) is 8.41. The van der Waals surface area contributed by atoms with E-state index in [2.05, 4.69) is 82.6 Å². The Morgan fingerprint density at radius 3 is 2.75 bits per heavy atom. The Kier molecular flexibility index (Phi) is 4.01. The van der Waals surface area contributed by atoms with Crippen molar-refractivity contribution in [2.75, 3.05) is 0 Å². The van der Waals surface area contributed by atoms with Crippen molar-refractivity contribution in [3.63, 3.8) is 0 Å². The molecule has 0 saturated carbocycles. The van der Waals surface area contributed by atoms with E-state index in [1.54, 1.807) is 0 Å². The van der Waals surface area contributed by atoms with Crippen molar-refractivity contribution in [2.45, 2.75) is 26.1 Å². The predicted molar refractivity (Wildman–Crippen MR) is 100.0 cm³/mol. The maximum atomic E-state index is 4.48. The van der Waals surface area contributed by atoms with Crippen LogP contribution in [0.4, 0.5) is 0 Å². The molecule has 1 atom stereocenters. The Morgan fingerprint density at radius 1 is 1.00 bits per heavy atom. The van der Waals surface area contributed by atoms with Crippen LogP contribution in [-0.4, -0.2) is 15.6 Å². The summed E-state index contributed by atoms with van der Waals surface area (Å²) in [6.07, 6.45) is 4.03. The molecular formula is C21H21N3. The first-order valence-electron chi connectivity index (χ1n) is 8.41. The van der Waals surface area contributed by atoms with Crippen LogP contribution in [0.2, 0.25) is 0 Å². The Morgan fingerprint density at radius 2 is 1.88 bits per heavy atom. The van der Waals surface area contributed by atoms with Gasteiger partial charge in [0.05, 0.1) is 11.0 Å². The van der Waals surface area contributed by atoms with Crippen LogP contribution in [-0.2, 0) is 13.1 Å². The van der Waals surface area contributed by atoms with E-state index in [0.29, 0.717) is 6.04 Å². The fraction of sp³-hybridized carbons (Fsp3) is 0.190. The molecule has 0 amide bonds. The molecule has 3 heteroatoms. The highest BCUT2D eigenvalue weighted by atomic mass is 15.0. The van der Waals surface area contributed by atoms with E-state index < -0.39 is 0 Å². The average molecular weight is 315 g/mol. The molecule has 4 rings (SSSR count). The van der Waals surface area contributed by atoms with Gasteiger partial charge in [-0.3, -0.25) is 4.98 Å². The number of hydrogen-bond donors (Lipinski definition) is 1. The molecule has 0 unspecified atom stereocenters. The molecule has 0 aliphatic heterocycles. The molecule has 0 spiro atoms. The van der Waals surface area contributed by atoms with Crippen LogP contribution < -0.4 is 5.32 Å². The largest absolute Gasteiger partial charge is 0.345 e. The predicted octanol–water partition coefficient (Wildman–Crippen LogP) is 4.37. The lowest BCUT2D eigenvalue weighted by molar-refractivity contribution is 0.484. The Bertz CT molecular complexity index is 957. The lowest BCUT2D eigenvalue weighted by atomic mass is 10.1. The minimum atomic E-state index is 0.382. The second kappa shape index (κ2) is 6.46. The third-order valence-electron chi connectivity index (χ3n) is 4.48. The van der Waals surface area contributed by atoms with Crippen molar-refractivity contribution < 1.29 is 0 Å². The zero-order valence-corrected chi connectivity index (χ0v) is 13.8. The van der Waals surface area contributed by atoms with E-state index in [9.17, 15) is 0 Å². The van der Waals surface area contributed by atoms with Crippen molar-refractivity contribution >= 4 is 21.8 Å². The summed E-state index contributed by atoms with van der Waals surface area (Å²) >= 11 is 0. The first kappa shape index (κ1) is 14.9. The van der Waals surface area contributed by atoms with E-state index >= 15 is 0 Å². The normalized spacial score (nSPS) is 12.7. The van der Waals surface area contributed by atoms with Crippen LogP contribution in [0.1, 0.15) is 12.5 Å². The number of nitrogens with zero attached hydrogens (tertiary/aromatic N) is 2. The number of benzene rings is 2. The van der Waals surface area contributed by atoms with E-state index in [0.717, 1.165) is 18.6 Å². The minimum absolute atomic E-state index is 0.382. The van der Waals surface area contributed by atoms with Crippen molar-refractivity contribution in [2.24, 2.45) is 0 Å². The maximum Gasteiger partial charge on any atom is 0.0723 e. The molecule has 0 bridgehead atoms. The summed E-state index contributed by atoms with van der Waals surface area (Å²) in [5.74, 6) is 0. The fourth-order valence-corrected chi connectivity index (χ4v) is 3.25. The molecule has 4 aromatic rings. The van der Waals surface area contributed by atoms with Crippen molar-refractivity contribution in [1.82, 2.24) is 14.9 Å². The molecule has 0 fully saturated rings. The second-order valence-corrected chi connectivity index (χ2v) is 6.31. The molecule has 0 radical (unpaired) electrons. The fourth-order valence-electron chi connectivity index (χ4n) is 3.25. The van der Waals surface area contributed by atoms with Crippen LogP contribution in [0, 0.1) is 0 Å². The number of hydrogen-bond acceptors (Lipinski definition) is 2. The van der Waals surface area contributed by atoms with E-state index in [-0.39, 0.29) is 0 Å². The molecule has 24 heavy (non-hydrogen) atoms. The first-order chi connectivity index (χ1) is 11.8. The summed E-state index contributed by atoms with van der Waals surface area (Å²) in [6.45, 7) is 4.06. The zero-order chi connectivity index (χ0) is 16.4. The van der Waals surface area contributed by atoms with Gasteiger partial charge >= 0.3 is 0 Å². The average Bonchev–Trinajstić information content (AvgIpc) is 3.04. The minimum Gasteiger partial charge on any atom is -0.345 e. The molecule has 2 aromatic heterocycles. The zero-order valence-electron chi connectivity index (χ0n) is 13.8. The summed E-state index contributed by atoms with van der Waals surface area (Å²) in [5, 5.41) is 6.10. The lowest BCUT2D eigenvalue weighted by Crippen LogP contribution is -2.29. The summed E-state index contributed by atoms with van der Waals surface area (Å²) in [4.78, 5) is 4.48. The van der Waals surface area contributed by atoms with Crippen molar-refractivity contribution in [3.8, 4) is 0 Å². The van der Waals surface area contributed by atoms with Crippen LogP contribution in [0.5, 0.6) is 0 Å². The van der Waals surface area contributed by atoms with E-state index in [1.165, 1.54) is 21.9 Å². The van der Waals surface area contributed by atoms with Crippen molar-refractivity contribution in [3.05, 3.63) is 78.6 Å². The molecule has 0 aliphatic carbocycles. The van der Waals surface area contributed by atoms with Gasteiger partial charge in [-0.15, -0.1) is 0 Å². The molecule has 2 aromatic carbocycles. The maximum absolute atomic E-state index is 4.48. The van der Waals surface area contributed by atoms with Crippen LogP contribution in [0.3, 0.4) is 0 Å². The molecule has 3 nitrogen and oxygen atoms in total. The standard InChI is InChI=1S/C21H21N3/c1-16(23-14-17-6-3-2-4-7-17)15-24-13-11-18-9-10-20-19(21(18)24)8-5-12-22-20/h2-13,16,23H,14-15H2,1H3/t16-/m0/s1. The van der Waals surface area contributed by atoms with E-state index in [4.69, 9.17) is 0 Å². The van der Waals surface area contributed by atoms with Gasteiger partial charge < -0.3 is 9.88 Å². The number of pyridine rings is 1. The van der Waals surface area contributed by atoms with Crippen LogP contribution in [0.15, 0.2) is 73.1 Å².